The molecule has 0 N–H and O–H groups in total. The number of hydrogen-bond donors (Lipinski definition) is 0. The molecule has 0 atom stereocenters. The largest absolute Gasteiger partial charge is 0.514 e. The molecule has 0 bridgehead atoms. The number of nitro groups is 2. The maximum Gasteiger partial charge on any atom is 0.514 e. The van der Waals surface area contributed by atoms with Crippen LogP contribution in [0.3, 0.4) is 0 Å². The smallest absolute Gasteiger partial charge is 0.429 e. The molecule has 0 unspecified atom stereocenters. The van der Waals surface area contributed by atoms with Crippen molar-refractivity contribution in [3.63, 3.8) is 0 Å². The summed E-state index contributed by atoms with van der Waals surface area (Å²) in [5.41, 5.74) is 0.784. The van der Waals surface area contributed by atoms with Gasteiger partial charge in [-0.2, -0.15) is 0 Å². The third-order valence-electron chi connectivity index (χ3n) is 4.18. The van der Waals surface area contributed by atoms with Crippen molar-refractivity contribution in [2.45, 2.75) is 13.2 Å². The first kappa shape index (κ1) is 23.7. The predicted molar refractivity (Wildman–Crippen MR) is 113 cm³/mol. The molecule has 0 aliphatic heterocycles. The van der Waals surface area contributed by atoms with E-state index in [0.717, 1.165) is 0 Å². The molecule has 0 aliphatic rings. The Kier molecular flexibility index (Phi) is 7.68. The standard InChI is InChI=1S/C22H15N2O10/c25-21(31-13-15-5-9-17(10-6-15)23(27)28)33-19-3-1-2-4-20(19)34-22(26)32-14-16-7-11-18(12-8-16)24(29)30/h1,3-12H,13-14H2. The summed E-state index contributed by atoms with van der Waals surface area (Å²) in [7, 11) is 0. The third kappa shape index (κ3) is 6.75. The van der Waals surface area contributed by atoms with Crippen LogP contribution in [-0.2, 0) is 22.7 Å². The molecule has 0 aliphatic carbocycles. The normalized spacial score (nSPS) is 10.1. The fourth-order valence-electron chi connectivity index (χ4n) is 2.52. The highest BCUT2D eigenvalue weighted by molar-refractivity contribution is 5.69. The number of hydrogen-bond acceptors (Lipinski definition) is 10. The fraction of sp³-hybridized carbons (Fsp3) is 0.0909. The average Bonchev–Trinajstić information content (AvgIpc) is 2.83. The SMILES string of the molecule is O=C(OCc1ccc([N+](=O)[O-])cc1)Oc1c[c]ccc1OC(=O)OCc1ccc([N+](=O)[O-])cc1. The molecule has 0 saturated heterocycles. The summed E-state index contributed by atoms with van der Waals surface area (Å²) < 4.78 is 20.0. The van der Waals surface area contributed by atoms with Crippen LogP contribution >= 0.6 is 0 Å². The Labute approximate surface area is 191 Å². The monoisotopic (exact) mass is 467 g/mol. The Morgan fingerprint density at radius 2 is 1.15 bits per heavy atom. The Bertz CT molecular complexity index is 1100. The van der Waals surface area contributed by atoms with Gasteiger partial charge in [-0.25, -0.2) is 9.59 Å². The van der Waals surface area contributed by atoms with E-state index in [0.29, 0.717) is 11.1 Å². The average molecular weight is 467 g/mol. The number of carbonyl (C=O) groups is 2. The van der Waals surface area contributed by atoms with Crippen LogP contribution in [0.1, 0.15) is 11.1 Å². The summed E-state index contributed by atoms with van der Waals surface area (Å²) in [6.07, 6.45) is -2.21. The number of nitro benzene ring substituents is 2. The van der Waals surface area contributed by atoms with Gasteiger partial charge >= 0.3 is 12.3 Å². The predicted octanol–water partition coefficient (Wildman–Crippen LogP) is 4.73. The molecule has 0 spiro atoms. The highest BCUT2D eigenvalue weighted by Crippen LogP contribution is 2.27. The number of carbonyl (C=O) groups excluding carboxylic acids is 2. The molecule has 1 radical (unpaired) electrons. The lowest BCUT2D eigenvalue weighted by Gasteiger charge is -2.10. The molecule has 0 aromatic heterocycles. The number of ether oxygens (including phenoxy) is 4. The lowest BCUT2D eigenvalue weighted by molar-refractivity contribution is -0.385. The lowest BCUT2D eigenvalue weighted by atomic mass is 10.2. The Hall–Kier alpha value is -5.00. The first-order valence-corrected chi connectivity index (χ1v) is 9.48. The Balaban J connectivity index is 1.52. The van der Waals surface area contributed by atoms with Gasteiger partial charge in [0.15, 0.2) is 11.5 Å². The first-order valence-electron chi connectivity index (χ1n) is 9.48. The summed E-state index contributed by atoms with van der Waals surface area (Å²) in [6.45, 7) is -0.413. The molecule has 0 amide bonds. The zero-order valence-corrected chi connectivity index (χ0v) is 17.2. The van der Waals surface area contributed by atoms with Crippen LogP contribution in [0.5, 0.6) is 11.5 Å². The second kappa shape index (κ2) is 11.0. The lowest BCUT2D eigenvalue weighted by Crippen LogP contribution is -2.14. The summed E-state index contributed by atoms with van der Waals surface area (Å²) in [4.78, 5) is 44.2. The van der Waals surface area contributed by atoms with Gasteiger partial charge in [0.2, 0.25) is 0 Å². The van der Waals surface area contributed by atoms with Crippen LogP contribution < -0.4 is 9.47 Å². The van der Waals surface area contributed by atoms with E-state index in [4.69, 9.17) is 18.9 Å². The van der Waals surface area contributed by atoms with Crippen molar-refractivity contribution in [1.82, 2.24) is 0 Å². The Morgan fingerprint density at radius 3 is 1.59 bits per heavy atom. The van der Waals surface area contributed by atoms with Gasteiger partial charge in [0, 0.05) is 24.3 Å². The van der Waals surface area contributed by atoms with E-state index in [1.54, 1.807) is 0 Å². The molecular formula is C22H15N2O10. The van der Waals surface area contributed by atoms with E-state index < -0.39 is 22.2 Å². The first-order chi connectivity index (χ1) is 16.3. The number of nitrogens with zero attached hydrogens (tertiary/aromatic N) is 2. The topological polar surface area (TPSA) is 157 Å². The molecule has 3 aromatic rings. The van der Waals surface area contributed by atoms with Crippen molar-refractivity contribution in [2.75, 3.05) is 0 Å². The van der Waals surface area contributed by atoms with Gasteiger partial charge < -0.3 is 18.9 Å². The molecule has 173 valence electrons. The molecule has 0 saturated carbocycles. The quantitative estimate of drug-likeness (QED) is 0.196. The molecule has 3 rings (SSSR count). The van der Waals surface area contributed by atoms with Gasteiger partial charge in [-0.05, 0) is 53.6 Å². The van der Waals surface area contributed by atoms with Crippen molar-refractivity contribution in [2.24, 2.45) is 0 Å². The minimum atomic E-state index is -1.11. The summed E-state index contributed by atoms with van der Waals surface area (Å²) in [6, 6.07) is 17.4. The van der Waals surface area contributed by atoms with Crippen LogP contribution in [0.25, 0.3) is 0 Å². The number of non-ortho nitro benzene ring substituents is 2. The van der Waals surface area contributed by atoms with Crippen LogP contribution in [-0.4, -0.2) is 22.2 Å². The van der Waals surface area contributed by atoms with Crippen LogP contribution in [0.2, 0.25) is 0 Å². The van der Waals surface area contributed by atoms with Gasteiger partial charge in [0.05, 0.1) is 9.85 Å². The van der Waals surface area contributed by atoms with Crippen LogP contribution in [0.4, 0.5) is 21.0 Å². The van der Waals surface area contributed by atoms with Crippen molar-refractivity contribution in [1.29, 1.82) is 0 Å². The second-order valence-electron chi connectivity index (χ2n) is 6.50. The van der Waals surface area contributed by atoms with Gasteiger partial charge in [0.1, 0.15) is 13.2 Å². The van der Waals surface area contributed by atoms with E-state index in [1.165, 1.54) is 66.7 Å². The maximum atomic E-state index is 12.0. The molecular weight excluding hydrogens is 452 g/mol. The minimum absolute atomic E-state index is 0.103. The Morgan fingerprint density at radius 1 is 0.706 bits per heavy atom. The van der Waals surface area contributed by atoms with Crippen LogP contribution in [0.15, 0.2) is 66.7 Å². The van der Waals surface area contributed by atoms with Crippen LogP contribution in [0, 0.1) is 26.3 Å². The zero-order valence-electron chi connectivity index (χ0n) is 17.2. The van der Waals surface area contributed by atoms with Crippen molar-refractivity contribution >= 4 is 23.7 Å². The van der Waals surface area contributed by atoms with Crippen molar-refractivity contribution in [3.8, 4) is 11.5 Å². The van der Waals surface area contributed by atoms with E-state index in [9.17, 15) is 29.8 Å². The maximum absolute atomic E-state index is 12.0. The van der Waals surface area contributed by atoms with Gasteiger partial charge in [-0.1, -0.05) is 6.07 Å². The van der Waals surface area contributed by atoms with E-state index >= 15 is 0 Å². The minimum Gasteiger partial charge on any atom is -0.429 e. The zero-order chi connectivity index (χ0) is 24.5. The molecule has 3 aromatic carbocycles. The molecule has 12 heteroatoms. The summed E-state index contributed by atoms with van der Waals surface area (Å²) in [5, 5.41) is 21.3. The molecule has 0 fully saturated rings. The highest BCUT2D eigenvalue weighted by Gasteiger charge is 2.16. The van der Waals surface area contributed by atoms with Crippen molar-refractivity contribution in [3.05, 3.63) is 104 Å². The van der Waals surface area contributed by atoms with Crippen molar-refractivity contribution < 1.29 is 38.4 Å². The number of rotatable bonds is 8. The molecule has 12 nitrogen and oxygen atoms in total. The molecule has 34 heavy (non-hydrogen) atoms. The third-order valence-corrected chi connectivity index (χ3v) is 4.18. The second-order valence-corrected chi connectivity index (χ2v) is 6.50. The molecule has 0 heterocycles. The van der Waals surface area contributed by atoms with E-state index in [-0.39, 0.29) is 36.1 Å². The number of benzene rings is 3. The van der Waals surface area contributed by atoms with Gasteiger partial charge in [0.25, 0.3) is 11.4 Å². The van der Waals surface area contributed by atoms with Gasteiger partial charge in [-0.15, -0.1) is 0 Å². The van der Waals surface area contributed by atoms with E-state index in [2.05, 4.69) is 6.07 Å². The van der Waals surface area contributed by atoms with Gasteiger partial charge in [-0.3, -0.25) is 20.2 Å². The van der Waals surface area contributed by atoms with E-state index in [1.807, 2.05) is 0 Å². The highest BCUT2D eigenvalue weighted by atomic mass is 16.7. The summed E-state index contributed by atoms with van der Waals surface area (Å²) in [5.74, 6) is -0.303. The summed E-state index contributed by atoms with van der Waals surface area (Å²) >= 11 is 0. The fourth-order valence-corrected chi connectivity index (χ4v) is 2.52.